The fourth-order valence-electron chi connectivity index (χ4n) is 2.79. The quantitative estimate of drug-likeness (QED) is 0.897. The van der Waals surface area contributed by atoms with Crippen molar-refractivity contribution in [2.24, 2.45) is 0 Å². The second-order valence-corrected chi connectivity index (χ2v) is 5.29. The SMILES string of the molecule is CC(NC1CC(c2ccccc2F)C1)c1ccco1. The molecule has 0 radical (unpaired) electrons. The van der Waals surface area contributed by atoms with Crippen LogP contribution in [0.2, 0.25) is 0 Å². The first-order valence-corrected chi connectivity index (χ1v) is 6.78. The summed E-state index contributed by atoms with van der Waals surface area (Å²) in [4.78, 5) is 0. The number of benzene rings is 1. The lowest BCUT2D eigenvalue weighted by atomic mass is 9.75. The van der Waals surface area contributed by atoms with Gasteiger partial charge in [0.05, 0.1) is 12.3 Å². The predicted molar refractivity (Wildman–Crippen MR) is 72.4 cm³/mol. The molecule has 1 N–H and O–H groups in total. The second kappa shape index (κ2) is 5.17. The van der Waals surface area contributed by atoms with Crippen LogP contribution < -0.4 is 5.32 Å². The fourth-order valence-corrected chi connectivity index (χ4v) is 2.79. The lowest BCUT2D eigenvalue weighted by Crippen LogP contribution is -2.41. The Morgan fingerprint density at radius 2 is 2.00 bits per heavy atom. The average molecular weight is 259 g/mol. The summed E-state index contributed by atoms with van der Waals surface area (Å²) in [5.41, 5.74) is 0.853. The molecule has 0 spiro atoms. The Bertz CT molecular complexity index is 531. The molecule has 3 rings (SSSR count). The van der Waals surface area contributed by atoms with E-state index >= 15 is 0 Å². The zero-order chi connectivity index (χ0) is 13.2. The van der Waals surface area contributed by atoms with Gasteiger partial charge in [0.1, 0.15) is 11.6 Å². The van der Waals surface area contributed by atoms with Gasteiger partial charge in [0.25, 0.3) is 0 Å². The van der Waals surface area contributed by atoms with Gasteiger partial charge < -0.3 is 9.73 Å². The molecular weight excluding hydrogens is 241 g/mol. The number of hydrogen-bond acceptors (Lipinski definition) is 2. The van der Waals surface area contributed by atoms with Crippen LogP contribution in [0.1, 0.15) is 43.0 Å². The van der Waals surface area contributed by atoms with Gasteiger partial charge >= 0.3 is 0 Å². The van der Waals surface area contributed by atoms with Crippen molar-refractivity contribution in [2.45, 2.75) is 37.8 Å². The van der Waals surface area contributed by atoms with Crippen LogP contribution in [0.25, 0.3) is 0 Å². The molecule has 0 amide bonds. The molecule has 0 saturated heterocycles. The van der Waals surface area contributed by atoms with E-state index in [2.05, 4.69) is 12.2 Å². The van der Waals surface area contributed by atoms with Crippen LogP contribution in [0.15, 0.2) is 47.1 Å². The van der Waals surface area contributed by atoms with Crippen LogP contribution in [0.5, 0.6) is 0 Å². The first-order valence-electron chi connectivity index (χ1n) is 6.78. The molecule has 1 unspecified atom stereocenters. The van der Waals surface area contributed by atoms with Gasteiger partial charge in [-0.15, -0.1) is 0 Å². The molecule has 1 atom stereocenters. The van der Waals surface area contributed by atoms with Crippen molar-refractivity contribution in [1.29, 1.82) is 0 Å². The molecule has 1 saturated carbocycles. The van der Waals surface area contributed by atoms with Crippen LogP contribution >= 0.6 is 0 Å². The Hall–Kier alpha value is -1.61. The Labute approximate surface area is 112 Å². The summed E-state index contributed by atoms with van der Waals surface area (Å²) >= 11 is 0. The third kappa shape index (κ3) is 2.56. The van der Waals surface area contributed by atoms with Gasteiger partial charge in [-0.3, -0.25) is 0 Å². The van der Waals surface area contributed by atoms with Crippen LogP contribution in [0.4, 0.5) is 4.39 Å². The van der Waals surface area contributed by atoms with Gasteiger partial charge in [-0.25, -0.2) is 4.39 Å². The highest BCUT2D eigenvalue weighted by Gasteiger charge is 2.32. The summed E-state index contributed by atoms with van der Waals surface area (Å²) in [6, 6.07) is 11.6. The molecule has 2 nitrogen and oxygen atoms in total. The van der Waals surface area contributed by atoms with Gasteiger partial charge in [-0.1, -0.05) is 18.2 Å². The van der Waals surface area contributed by atoms with Crippen LogP contribution in [0, 0.1) is 5.82 Å². The molecule has 100 valence electrons. The first kappa shape index (κ1) is 12.4. The van der Waals surface area contributed by atoms with Gasteiger partial charge in [0.2, 0.25) is 0 Å². The van der Waals surface area contributed by atoms with Crippen LogP contribution in [0.3, 0.4) is 0 Å². The molecule has 1 aromatic heterocycles. The number of hydrogen-bond donors (Lipinski definition) is 1. The summed E-state index contributed by atoms with van der Waals surface area (Å²) < 4.78 is 19.0. The van der Waals surface area contributed by atoms with E-state index in [-0.39, 0.29) is 11.9 Å². The minimum absolute atomic E-state index is 0.0787. The van der Waals surface area contributed by atoms with Gasteiger partial charge in [-0.2, -0.15) is 0 Å². The van der Waals surface area contributed by atoms with E-state index < -0.39 is 0 Å². The van der Waals surface area contributed by atoms with E-state index in [0.29, 0.717) is 12.0 Å². The molecule has 1 aliphatic carbocycles. The highest BCUT2D eigenvalue weighted by Crippen LogP contribution is 2.38. The third-order valence-corrected chi connectivity index (χ3v) is 3.94. The fraction of sp³-hybridized carbons (Fsp3) is 0.375. The van der Waals surface area contributed by atoms with Crippen molar-refractivity contribution in [3.8, 4) is 0 Å². The standard InChI is InChI=1S/C16H18FNO/c1-11(16-7-4-8-19-16)18-13-9-12(10-13)14-5-2-3-6-15(14)17/h2-8,11-13,18H,9-10H2,1H3. The molecule has 3 heteroatoms. The maximum absolute atomic E-state index is 13.6. The number of furan rings is 1. The molecule has 1 heterocycles. The Morgan fingerprint density at radius 1 is 1.21 bits per heavy atom. The molecule has 2 aromatic rings. The normalized spacial score (nSPS) is 23.9. The summed E-state index contributed by atoms with van der Waals surface area (Å²) in [6.45, 7) is 2.09. The molecule has 1 aliphatic rings. The lowest BCUT2D eigenvalue weighted by molar-refractivity contribution is 0.255. The van der Waals surface area contributed by atoms with E-state index in [4.69, 9.17) is 4.42 Å². The van der Waals surface area contributed by atoms with Gasteiger partial charge in [-0.05, 0) is 49.4 Å². The number of halogens is 1. The van der Waals surface area contributed by atoms with E-state index in [1.165, 1.54) is 0 Å². The summed E-state index contributed by atoms with van der Waals surface area (Å²) in [6.07, 6.45) is 3.67. The molecule has 0 bridgehead atoms. The van der Waals surface area contributed by atoms with E-state index in [0.717, 1.165) is 24.2 Å². The minimum Gasteiger partial charge on any atom is -0.468 e. The number of nitrogens with one attached hydrogen (secondary N) is 1. The Balaban J connectivity index is 1.55. The molecule has 1 aromatic carbocycles. The molecule has 0 aliphatic heterocycles. The van der Waals surface area contributed by atoms with Crippen molar-refractivity contribution in [3.05, 3.63) is 59.8 Å². The topological polar surface area (TPSA) is 25.2 Å². The van der Waals surface area contributed by atoms with Crippen LogP contribution in [-0.2, 0) is 0 Å². The zero-order valence-corrected chi connectivity index (χ0v) is 11.0. The maximum atomic E-state index is 13.6. The molecule has 1 fully saturated rings. The van der Waals surface area contributed by atoms with Crippen molar-refractivity contribution in [2.75, 3.05) is 0 Å². The summed E-state index contributed by atoms with van der Waals surface area (Å²) in [5, 5.41) is 3.52. The first-order chi connectivity index (χ1) is 9.24. The maximum Gasteiger partial charge on any atom is 0.126 e. The minimum atomic E-state index is -0.0787. The second-order valence-electron chi connectivity index (χ2n) is 5.29. The van der Waals surface area contributed by atoms with Crippen molar-refractivity contribution in [1.82, 2.24) is 5.32 Å². The third-order valence-electron chi connectivity index (χ3n) is 3.94. The molecule has 19 heavy (non-hydrogen) atoms. The summed E-state index contributed by atoms with van der Waals surface area (Å²) in [7, 11) is 0. The molecular formula is C16H18FNO. The van der Waals surface area contributed by atoms with Gasteiger partial charge in [0.15, 0.2) is 0 Å². The van der Waals surface area contributed by atoms with Crippen molar-refractivity contribution in [3.63, 3.8) is 0 Å². The van der Waals surface area contributed by atoms with E-state index in [1.807, 2.05) is 24.3 Å². The van der Waals surface area contributed by atoms with Crippen molar-refractivity contribution >= 4 is 0 Å². The summed E-state index contributed by atoms with van der Waals surface area (Å²) in [5.74, 6) is 1.22. The Kier molecular flexibility index (Phi) is 3.38. The Morgan fingerprint density at radius 3 is 2.68 bits per heavy atom. The van der Waals surface area contributed by atoms with Crippen LogP contribution in [-0.4, -0.2) is 6.04 Å². The zero-order valence-electron chi connectivity index (χ0n) is 11.0. The smallest absolute Gasteiger partial charge is 0.126 e. The van der Waals surface area contributed by atoms with E-state index in [9.17, 15) is 4.39 Å². The van der Waals surface area contributed by atoms with E-state index in [1.54, 1.807) is 18.4 Å². The predicted octanol–water partition coefficient (Wildman–Crippen LogP) is 4.02. The van der Waals surface area contributed by atoms with Crippen molar-refractivity contribution < 1.29 is 8.81 Å². The highest BCUT2D eigenvalue weighted by molar-refractivity contribution is 5.25. The monoisotopic (exact) mass is 259 g/mol. The van der Waals surface area contributed by atoms with Gasteiger partial charge in [0, 0.05) is 6.04 Å². The average Bonchev–Trinajstić information content (AvgIpc) is 2.88. The number of rotatable bonds is 4. The largest absolute Gasteiger partial charge is 0.468 e. The lowest BCUT2D eigenvalue weighted by Gasteiger charge is -2.38. The highest BCUT2D eigenvalue weighted by atomic mass is 19.1.